The first-order valence-corrected chi connectivity index (χ1v) is 10.8. The average Bonchev–Trinajstić information content (AvgIpc) is 2.75. The monoisotopic (exact) mass is 426 g/mol. The lowest BCUT2D eigenvalue weighted by atomic mass is 10.00. The number of nitrogens with two attached hydrogens (primary N) is 1. The Labute approximate surface area is 183 Å². The van der Waals surface area contributed by atoms with Crippen molar-refractivity contribution >= 4 is 23.2 Å². The standard InChI is InChI=1S/C24H31FN4O2/c1-4-6-18(5-2)27-24(31)17-7-9-20(25)19(13-17)16-8-10-22(21(26)14-16)29-12-11-28(3)23(30)15-29/h7-10,13-14,18H,4-6,11-12,15,26H2,1-3H3,(H,27,31). The number of piperazine rings is 1. The van der Waals surface area contributed by atoms with Crippen LogP contribution in [0.2, 0.25) is 0 Å². The summed E-state index contributed by atoms with van der Waals surface area (Å²) in [6, 6.07) is 9.77. The summed E-state index contributed by atoms with van der Waals surface area (Å²) in [7, 11) is 1.78. The van der Waals surface area contributed by atoms with Gasteiger partial charge in [0, 0.05) is 37.3 Å². The lowest BCUT2D eigenvalue weighted by Gasteiger charge is -2.34. The van der Waals surface area contributed by atoms with Crippen LogP contribution in [0.15, 0.2) is 36.4 Å². The number of anilines is 2. The Morgan fingerprint density at radius 1 is 1.19 bits per heavy atom. The summed E-state index contributed by atoms with van der Waals surface area (Å²) in [6.45, 7) is 5.70. The molecule has 1 fully saturated rings. The van der Waals surface area contributed by atoms with Crippen molar-refractivity contribution in [2.24, 2.45) is 0 Å². The lowest BCUT2D eigenvalue weighted by Crippen LogP contribution is -2.48. The number of carbonyl (C=O) groups is 2. The second-order valence-corrected chi connectivity index (χ2v) is 8.07. The van der Waals surface area contributed by atoms with Crippen LogP contribution in [0.25, 0.3) is 11.1 Å². The SMILES string of the molecule is CCCC(CC)NC(=O)c1ccc(F)c(-c2ccc(N3CCN(C)C(=O)C3)c(N)c2)c1. The van der Waals surface area contributed by atoms with Crippen molar-refractivity contribution in [1.29, 1.82) is 0 Å². The van der Waals surface area contributed by atoms with Gasteiger partial charge in [0.15, 0.2) is 0 Å². The normalized spacial score (nSPS) is 15.2. The molecule has 0 aliphatic carbocycles. The molecule has 1 aliphatic rings. The maximum absolute atomic E-state index is 14.6. The Kier molecular flexibility index (Phi) is 7.15. The van der Waals surface area contributed by atoms with Crippen LogP contribution in [-0.4, -0.2) is 49.4 Å². The van der Waals surface area contributed by atoms with E-state index in [2.05, 4.69) is 12.2 Å². The van der Waals surface area contributed by atoms with Gasteiger partial charge in [0.05, 0.1) is 17.9 Å². The van der Waals surface area contributed by atoms with Crippen molar-refractivity contribution in [2.45, 2.75) is 39.2 Å². The van der Waals surface area contributed by atoms with Gasteiger partial charge in [-0.2, -0.15) is 0 Å². The molecule has 2 amide bonds. The molecule has 3 N–H and O–H groups in total. The number of carbonyl (C=O) groups excluding carboxylic acids is 2. The largest absolute Gasteiger partial charge is 0.397 e. The molecule has 1 atom stereocenters. The smallest absolute Gasteiger partial charge is 0.251 e. The minimum Gasteiger partial charge on any atom is -0.397 e. The van der Waals surface area contributed by atoms with Crippen molar-refractivity contribution in [3.8, 4) is 11.1 Å². The highest BCUT2D eigenvalue weighted by atomic mass is 19.1. The van der Waals surface area contributed by atoms with Gasteiger partial charge in [-0.15, -0.1) is 0 Å². The molecule has 1 unspecified atom stereocenters. The van der Waals surface area contributed by atoms with Crippen molar-refractivity contribution < 1.29 is 14.0 Å². The third-order valence-corrected chi connectivity index (χ3v) is 5.83. The maximum atomic E-state index is 14.6. The Balaban J connectivity index is 1.84. The molecule has 166 valence electrons. The summed E-state index contributed by atoms with van der Waals surface area (Å²) in [5, 5.41) is 3.02. The van der Waals surface area contributed by atoms with Gasteiger partial charge < -0.3 is 20.9 Å². The van der Waals surface area contributed by atoms with Crippen molar-refractivity contribution in [3.05, 3.63) is 47.8 Å². The van der Waals surface area contributed by atoms with E-state index in [4.69, 9.17) is 5.73 Å². The number of amides is 2. The quantitative estimate of drug-likeness (QED) is 0.663. The number of nitrogens with one attached hydrogen (secondary N) is 1. The van der Waals surface area contributed by atoms with E-state index in [1.807, 2.05) is 17.9 Å². The predicted octanol–water partition coefficient (Wildman–Crippen LogP) is 3.66. The molecular weight excluding hydrogens is 395 g/mol. The number of benzene rings is 2. The second kappa shape index (κ2) is 9.81. The fraction of sp³-hybridized carbons (Fsp3) is 0.417. The zero-order chi connectivity index (χ0) is 22.5. The van der Waals surface area contributed by atoms with Crippen molar-refractivity contribution in [2.75, 3.05) is 37.3 Å². The predicted molar refractivity (Wildman–Crippen MR) is 123 cm³/mol. The third kappa shape index (κ3) is 5.16. The van der Waals surface area contributed by atoms with Gasteiger partial charge in [-0.25, -0.2) is 4.39 Å². The van der Waals surface area contributed by atoms with Crippen LogP contribution in [-0.2, 0) is 4.79 Å². The zero-order valence-corrected chi connectivity index (χ0v) is 18.5. The Morgan fingerprint density at radius 2 is 1.97 bits per heavy atom. The molecule has 7 heteroatoms. The fourth-order valence-corrected chi connectivity index (χ4v) is 3.86. The van der Waals surface area contributed by atoms with Crippen LogP contribution in [0, 0.1) is 5.82 Å². The van der Waals surface area contributed by atoms with E-state index in [-0.39, 0.29) is 24.4 Å². The van der Waals surface area contributed by atoms with Crippen LogP contribution in [0.5, 0.6) is 0 Å². The number of rotatable bonds is 7. The van der Waals surface area contributed by atoms with Crippen molar-refractivity contribution in [1.82, 2.24) is 10.2 Å². The third-order valence-electron chi connectivity index (χ3n) is 5.83. The summed E-state index contributed by atoms with van der Waals surface area (Å²) in [5.74, 6) is -0.589. The van der Waals surface area contributed by atoms with E-state index >= 15 is 0 Å². The van der Waals surface area contributed by atoms with E-state index in [0.29, 0.717) is 35.5 Å². The Morgan fingerprint density at radius 3 is 2.61 bits per heavy atom. The Bertz CT molecular complexity index is 963. The topological polar surface area (TPSA) is 78.7 Å². The van der Waals surface area contributed by atoms with Gasteiger partial charge in [-0.1, -0.05) is 26.3 Å². The van der Waals surface area contributed by atoms with E-state index in [9.17, 15) is 14.0 Å². The molecule has 1 aliphatic heterocycles. The summed E-state index contributed by atoms with van der Waals surface area (Å²) in [6.07, 6.45) is 2.74. The molecule has 0 bridgehead atoms. The van der Waals surface area contributed by atoms with E-state index in [1.165, 1.54) is 12.1 Å². The van der Waals surface area contributed by atoms with Crippen LogP contribution in [0.3, 0.4) is 0 Å². The molecule has 6 nitrogen and oxygen atoms in total. The first kappa shape index (κ1) is 22.6. The second-order valence-electron chi connectivity index (χ2n) is 8.07. The van der Waals surface area contributed by atoms with Crippen molar-refractivity contribution in [3.63, 3.8) is 0 Å². The molecule has 31 heavy (non-hydrogen) atoms. The molecule has 0 saturated carbocycles. The number of hydrogen-bond acceptors (Lipinski definition) is 4. The maximum Gasteiger partial charge on any atom is 0.251 e. The lowest BCUT2D eigenvalue weighted by molar-refractivity contribution is -0.129. The molecule has 0 aromatic heterocycles. The van der Waals surface area contributed by atoms with E-state index in [0.717, 1.165) is 24.9 Å². The molecule has 1 heterocycles. The van der Waals surface area contributed by atoms with Gasteiger partial charge >= 0.3 is 0 Å². The fourth-order valence-electron chi connectivity index (χ4n) is 3.86. The molecule has 0 spiro atoms. The summed E-state index contributed by atoms with van der Waals surface area (Å²) in [4.78, 5) is 28.3. The van der Waals surface area contributed by atoms with E-state index in [1.54, 1.807) is 30.1 Å². The van der Waals surface area contributed by atoms with Gasteiger partial charge in [0.25, 0.3) is 5.91 Å². The number of nitrogen functional groups attached to an aromatic ring is 1. The number of likely N-dealkylation sites (N-methyl/N-ethyl adjacent to an activating group) is 1. The molecular formula is C24H31FN4O2. The number of hydrogen-bond donors (Lipinski definition) is 2. The van der Waals surface area contributed by atoms with Gasteiger partial charge in [-0.05, 0) is 48.7 Å². The first-order valence-electron chi connectivity index (χ1n) is 10.8. The molecule has 2 aromatic carbocycles. The summed E-state index contributed by atoms with van der Waals surface area (Å²) >= 11 is 0. The number of halogens is 1. The Hall–Kier alpha value is -3.09. The summed E-state index contributed by atoms with van der Waals surface area (Å²) in [5.41, 5.74) is 8.82. The van der Waals surface area contributed by atoms with Crippen LogP contribution in [0.1, 0.15) is 43.5 Å². The summed E-state index contributed by atoms with van der Waals surface area (Å²) < 4.78 is 14.6. The highest BCUT2D eigenvalue weighted by molar-refractivity contribution is 5.96. The van der Waals surface area contributed by atoms with Gasteiger partial charge in [0.1, 0.15) is 5.82 Å². The zero-order valence-electron chi connectivity index (χ0n) is 18.5. The van der Waals surface area contributed by atoms with Gasteiger partial charge in [-0.3, -0.25) is 9.59 Å². The van der Waals surface area contributed by atoms with Gasteiger partial charge in [0.2, 0.25) is 5.91 Å². The molecule has 2 aromatic rings. The number of nitrogens with zero attached hydrogens (tertiary/aromatic N) is 2. The first-order chi connectivity index (χ1) is 14.8. The minimum absolute atomic E-state index is 0.0351. The van der Waals surface area contributed by atoms with Crippen LogP contribution >= 0.6 is 0 Å². The molecule has 3 rings (SSSR count). The molecule has 0 radical (unpaired) electrons. The molecule has 1 saturated heterocycles. The highest BCUT2D eigenvalue weighted by Gasteiger charge is 2.23. The highest BCUT2D eigenvalue weighted by Crippen LogP contribution is 2.32. The van der Waals surface area contributed by atoms with E-state index < -0.39 is 5.82 Å². The van der Waals surface area contributed by atoms with Crippen LogP contribution < -0.4 is 16.0 Å². The van der Waals surface area contributed by atoms with Crippen LogP contribution in [0.4, 0.5) is 15.8 Å². The minimum atomic E-state index is -0.418. The average molecular weight is 427 g/mol.